The molecule has 9 nitrogen and oxygen atoms in total. The Labute approximate surface area is 280 Å². The van der Waals surface area contributed by atoms with Crippen molar-refractivity contribution < 1.29 is 33.3 Å². The average Bonchev–Trinajstić information content (AvgIpc) is 3.23. The van der Waals surface area contributed by atoms with Gasteiger partial charge in [-0.2, -0.15) is 0 Å². The van der Waals surface area contributed by atoms with Gasteiger partial charge in [0, 0.05) is 20.0 Å². The summed E-state index contributed by atoms with van der Waals surface area (Å²) in [7, 11) is 0. The number of hydrogen-bond acceptors (Lipinski definition) is 9. The Hall–Kier alpha value is -1.52. The summed E-state index contributed by atoms with van der Waals surface area (Å²) in [5.41, 5.74) is 1.15. The van der Waals surface area contributed by atoms with Crippen LogP contribution in [0.5, 0.6) is 0 Å². The van der Waals surface area contributed by atoms with Crippen LogP contribution in [0.1, 0.15) is 111 Å². The number of morpholine rings is 1. The zero-order valence-electron chi connectivity index (χ0n) is 29.5. The van der Waals surface area contributed by atoms with Gasteiger partial charge in [0.2, 0.25) is 0 Å². The van der Waals surface area contributed by atoms with Crippen LogP contribution in [-0.2, 0) is 30.3 Å². The first-order valence-corrected chi connectivity index (χ1v) is 18.7. The van der Waals surface area contributed by atoms with Crippen molar-refractivity contribution in [3.63, 3.8) is 0 Å². The molecule has 12 atom stereocenters. The fraction of sp³-hybridized carbons (Fsp3) is 0.895. The molecule has 47 heavy (non-hydrogen) atoms. The number of hydrogen-bond donors (Lipinski definition) is 1. The highest BCUT2D eigenvalue weighted by molar-refractivity contribution is 5.66. The number of fused-ring (bicyclic) bond motifs is 4. The van der Waals surface area contributed by atoms with Gasteiger partial charge in [-0.05, 0) is 123 Å². The second kappa shape index (κ2) is 11.2. The second-order valence-electron chi connectivity index (χ2n) is 18.2. The molecular weight excluding hydrogens is 596 g/mol. The monoisotopic (exact) mass is 654 g/mol. The lowest BCUT2D eigenvalue weighted by molar-refractivity contribution is -0.246. The van der Waals surface area contributed by atoms with Gasteiger partial charge in [-0.1, -0.05) is 20.8 Å². The minimum atomic E-state index is -1.14. The van der Waals surface area contributed by atoms with Crippen molar-refractivity contribution >= 4 is 5.97 Å². The smallest absolute Gasteiger partial charge is 0.303 e. The Morgan fingerprint density at radius 2 is 1.89 bits per heavy atom. The van der Waals surface area contributed by atoms with Crippen molar-refractivity contribution in [2.45, 2.75) is 149 Å². The van der Waals surface area contributed by atoms with E-state index in [1.54, 1.807) is 20.1 Å². The van der Waals surface area contributed by atoms with Gasteiger partial charge in [0.05, 0.1) is 42.8 Å². The number of ether oxygens (including phenoxy) is 4. The first kappa shape index (κ1) is 32.7. The van der Waals surface area contributed by atoms with Gasteiger partial charge < -0.3 is 28.5 Å². The maximum absolute atomic E-state index is 12.0. The largest absolute Gasteiger partial charge is 0.457 e. The number of aliphatic hydroxyl groups is 1. The zero-order valence-corrected chi connectivity index (χ0v) is 29.5. The molecule has 2 aliphatic heterocycles. The number of carbonyl (C=O) groups excluding carboxylic acids is 1. The first-order valence-electron chi connectivity index (χ1n) is 18.7. The van der Waals surface area contributed by atoms with Crippen LogP contribution in [0.25, 0.3) is 0 Å². The molecule has 262 valence electrons. The third kappa shape index (κ3) is 5.10. The maximum atomic E-state index is 12.0. The van der Waals surface area contributed by atoms with Crippen LogP contribution in [0.15, 0.2) is 17.1 Å². The summed E-state index contributed by atoms with van der Waals surface area (Å²) in [5.74, 6) is 2.33. The van der Waals surface area contributed by atoms with E-state index in [0.717, 1.165) is 56.9 Å². The third-order valence-corrected chi connectivity index (χ3v) is 15.2. The summed E-state index contributed by atoms with van der Waals surface area (Å²) >= 11 is 0. The van der Waals surface area contributed by atoms with Gasteiger partial charge in [0.1, 0.15) is 6.26 Å². The van der Waals surface area contributed by atoms with E-state index in [9.17, 15) is 9.90 Å². The van der Waals surface area contributed by atoms with E-state index < -0.39 is 11.7 Å². The molecule has 2 spiro atoms. The Morgan fingerprint density at radius 3 is 2.64 bits per heavy atom. The molecule has 2 saturated heterocycles. The molecule has 1 aromatic rings. The quantitative estimate of drug-likeness (QED) is 0.348. The number of rotatable bonds is 7. The highest BCUT2D eigenvalue weighted by Gasteiger charge is 2.80. The molecule has 5 saturated carbocycles. The van der Waals surface area contributed by atoms with E-state index in [0.29, 0.717) is 40.6 Å². The highest BCUT2D eigenvalue weighted by Crippen LogP contribution is 2.87. The summed E-state index contributed by atoms with van der Waals surface area (Å²) in [5, 5.41) is 10.9. The molecule has 1 aromatic heterocycles. The van der Waals surface area contributed by atoms with Crippen LogP contribution in [0.2, 0.25) is 0 Å². The molecule has 0 amide bonds. The van der Waals surface area contributed by atoms with Crippen LogP contribution in [0.3, 0.4) is 0 Å². The van der Waals surface area contributed by atoms with E-state index in [4.69, 9.17) is 23.4 Å². The zero-order chi connectivity index (χ0) is 33.0. The van der Waals surface area contributed by atoms with E-state index in [1.165, 1.54) is 51.8 Å². The molecule has 5 aliphatic carbocycles. The van der Waals surface area contributed by atoms with Crippen molar-refractivity contribution in [3.05, 3.63) is 18.4 Å². The van der Waals surface area contributed by atoms with Gasteiger partial charge >= 0.3 is 5.97 Å². The molecule has 3 heterocycles. The average molecular weight is 655 g/mol. The molecular formula is C38H58N2O7. The second-order valence-corrected chi connectivity index (χ2v) is 18.2. The predicted molar refractivity (Wildman–Crippen MR) is 174 cm³/mol. The maximum Gasteiger partial charge on any atom is 0.303 e. The lowest BCUT2D eigenvalue weighted by Gasteiger charge is -2.60. The Kier molecular flexibility index (Phi) is 7.82. The Bertz CT molecular complexity index is 1330. The van der Waals surface area contributed by atoms with Crippen molar-refractivity contribution in [2.75, 3.05) is 19.7 Å². The van der Waals surface area contributed by atoms with E-state index in [2.05, 4.69) is 30.7 Å². The fourth-order valence-electron chi connectivity index (χ4n) is 13.2. The van der Waals surface area contributed by atoms with Gasteiger partial charge in [0.15, 0.2) is 18.8 Å². The molecule has 7 fully saturated rings. The number of carbonyl (C=O) groups is 1. The van der Waals surface area contributed by atoms with Crippen LogP contribution in [-0.4, -0.2) is 77.0 Å². The molecule has 8 rings (SSSR count). The summed E-state index contributed by atoms with van der Waals surface area (Å²) in [6, 6.07) is 0. The molecule has 8 unspecified atom stereocenters. The topological polar surface area (TPSA) is 103 Å². The number of oxazole rings is 1. The first-order chi connectivity index (χ1) is 22.3. The van der Waals surface area contributed by atoms with E-state index >= 15 is 0 Å². The highest BCUT2D eigenvalue weighted by atomic mass is 16.7. The summed E-state index contributed by atoms with van der Waals surface area (Å²) in [4.78, 5) is 18.6. The fourth-order valence-corrected chi connectivity index (χ4v) is 13.2. The number of nitrogens with zero attached hydrogens (tertiary/aromatic N) is 2. The minimum Gasteiger partial charge on any atom is -0.457 e. The van der Waals surface area contributed by atoms with Gasteiger partial charge in [-0.3, -0.25) is 9.69 Å². The van der Waals surface area contributed by atoms with Crippen LogP contribution < -0.4 is 0 Å². The van der Waals surface area contributed by atoms with Gasteiger partial charge in [-0.25, -0.2) is 4.98 Å². The third-order valence-electron chi connectivity index (χ3n) is 15.2. The van der Waals surface area contributed by atoms with Crippen molar-refractivity contribution in [3.8, 4) is 0 Å². The Morgan fingerprint density at radius 1 is 1.09 bits per heavy atom. The SMILES string of the molecule is CC(=O)O[C@@H](C1CC[C@H]2C(CC3C4CCC5C(C)(C)[C@@H](OC6CN(Cc7cocn7)CCO6)CCC56C[C@@]46CCC32C)O1)C(C)(C)O. The molecule has 0 aromatic carbocycles. The lowest BCUT2D eigenvalue weighted by atomic mass is 9.46. The Balaban J connectivity index is 0.952. The number of esters is 1. The minimum absolute atomic E-state index is 0.105. The molecule has 0 bridgehead atoms. The molecule has 1 N–H and O–H groups in total. The lowest BCUT2D eigenvalue weighted by Crippen LogP contribution is -2.56. The summed E-state index contributed by atoms with van der Waals surface area (Å²) in [6.07, 6.45) is 14.6. The number of aromatic nitrogens is 1. The van der Waals surface area contributed by atoms with E-state index in [1.807, 2.05) is 0 Å². The normalized spacial score (nSPS) is 46.3. The standard InChI is InChI=1S/C38H58N2O7/c1-23(41)45-33(35(4,5)42)28-9-7-26-29(46-28)17-27-25-8-10-30-34(2,3)31(11-12-38(30)21-37(25,38)14-13-36(26,27)6)47-32-19-40(15-16-44-32)18-24-20-43-22-39-24/h20,22,25-33,42H,7-19,21H2,1-6H3/t25?,26-,27?,28?,29?,30?,31-,32?,33-,36?,37-,38?/m0/s1. The van der Waals surface area contributed by atoms with Crippen molar-refractivity contribution in [2.24, 2.45) is 45.3 Å². The molecule has 9 heteroatoms. The molecule has 7 aliphatic rings. The van der Waals surface area contributed by atoms with Gasteiger partial charge in [-0.15, -0.1) is 0 Å². The molecule has 0 radical (unpaired) electrons. The predicted octanol–water partition coefficient (Wildman–Crippen LogP) is 6.13. The van der Waals surface area contributed by atoms with Crippen LogP contribution in [0.4, 0.5) is 0 Å². The van der Waals surface area contributed by atoms with Crippen molar-refractivity contribution in [1.29, 1.82) is 0 Å². The summed E-state index contributed by atoms with van der Waals surface area (Å²) < 4.78 is 30.8. The van der Waals surface area contributed by atoms with Crippen molar-refractivity contribution in [1.82, 2.24) is 9.88 Å². The van der Waals surface area contributed by atoms with E-state index in [-0.39, 0.29) is 36.0 Å². The van der Waals surface area contributed by atoms with Gasteiger partial charge in [0.25, 0.3) is 0 Å². The summed E-state index contributed by atoms with van der Waals surface area (Å²) in [6.45, 7) is 15.6. The van der Waals surface area contributed by atoms with Crippen LogP contribution >= 0.6 is 0 Å². The van der Waals surface area contributed by atoms with Crippen LogP contribution in [0, 0.1) is 45.3 Å².